The lowest BCUT2D eigenvalue weighted by molar-refractivity contribution is -0.385. The number of rotatable bonds is 19. The van der Waals surface area contributed by atoms with Crippen LogP contribution >= 0.6 is 0 Å². The van der Waals surface area contributed by atoms with Crippen LogP contribution in [0.3, 0.4) is 0 Å². The fraction of sp³-hybridized carbons (Fsp3) is 0.356. The van der Waals surface area contributed by atoms with E-state index in [-0.39, 0.29) is 55.8 Å². The van der Waals surface area contributed by atoms with Gasteiger partial charge < -0.3 is 35.2 Å². The second kappa shape index (κ2) is 19.2. The van der Waals surface area contributed by atoms with Gasteiger partial charge in [0.15, 0.2) is 5.60 Å². The number of anilines is 3. The van der Waals surface area contributed by atoms with Gasteiger partial charge in [-0.05, 0) is 85.8 Å². The van der Waals surface area contributed by atoms with E-state index in [2.05, 4.69) is 5.32 Å². The maximum absolute atomic E-state index is 14.5. The second-order valence-corrected chi connectivity index (χ2v) is 14.8. The first-order valence-corrected chi connectivity index (χ1v) is 19.9. The number of nitro groups is 1. The molecule has 0 spiro atoms. The first-order chi connectivity index (χ1) is 28.5. The van der Waals surface area contributed by atoms with Crippen LogP contribution in [0.4, 0.5) is 22.7 Å². The molecule has 4 aromatic rings. The number of benzene rings is 4. The van der Waals surface area contributed by atoms with Gasteiger partial charge in [-0.3, -0.25) is 29.4 Å². The molecule has 3 atom stereocenters. The Labute approximate surface area is 343 Å². The molecule has 0 fully saturated rings. The van der Waals surface area contributed by atoms with Crippen LogP contribution in [0.25, 0.3) is 0 Å². The van der Waals surface area contributed by atoms with Crippen molar-refractivity contribution in [3.8, 4) is 5.75 Å². The minimum atomic E-state index is -2.21. The Hall–Kier alpha value is -5.93. The number of nitrogens with zero attached hydrogens (tertiary/aromatic N) is 4. The number of carbonyl (C=O) groups excluding carboxylic acids is 3. The quantitative estimate of drug-likeness (QED) is 0.0421. The average molecular weight is 806 g/mol. The predicted octanol–water partition coefficient (Wildman–Crippen LogP) is 5.28. The molecule has 4 aromatic carbocycles. The highest BCUT2D eigenvalue weighted by molar-refractivity contribution is 6.08. The SMILES string of the molecule is CCOc1ccc2c(c1)CC(NCCCCO)C(=O)N2c1cccc(CN2C(=O)[C@@](O)([C@@H](C)/C=C/CC(=O)N(CCO)Cc3ccccc3)c3cc([N+](=O)[O-])ccc32)c1. The highest BCUT2D eigenvalue weighted by atomic mass is 16.6. The summed E-state index contributed by atoms with van der Waals surface area (Å²) in [7, 11) is 0. The van der Waals surface area contributed by atoms with Crippen LogP contribution in [0, 0.1) is 16.0 Å². The lowest BCUT2D eigenvalue weighted by Crippen LogP contribution is -2.49. The normalized spacial score (nSPS) is 17.9. The monoisotopic (exact) mass is 805 g/mol. The number of hydrogen-bond acceptors (Lipinski definition) is 10. The largest absolute Gasteiger partial charge is 0.494 e. The maximum atomic E-state index is 14.5. The van der Waals surface area contributed by atoms with Crippen LogP contribution in [0.5, 0.6) is 5.75 Å². The van der Waals surface area contributed by atoms with E-state index < -0.39 is 28.4 Å². The number of non-ortho nitro benzene ring substituents is 1. The van der Waals surface area contributed by atoms with E-state index in [4.69, 9.17) is 4.74 Å². The van der Waals surface area contributed by atoms with Gasteiger partial charge >= 0.3 is 0 Å². The number of ether oxygens (including phenoxy) is 1. The molecule has 0 saturated heterocycles. The lowest BCUT2D eigenvalue weighted by Gasteiger charge is -2.35. The molecule has 0 bridgehead atoms. The molecule has 14 nitrogen and oxygen atoms in total. The van der Waals surface area contributed by atoms with Gasteiger partial charge in [0.1, 0.15) is 5.75 Å². The third-order valence-electron chi connectivity index (χ3n) is 10.8. The van der Waals surface area contributed by atoms with Crippen LogP contribution in [0.15, 0.2) is 103 Å². The Morgan fingerprint density at radius 1 is 1.00 bits per heavy atom. The zero-order valence-electron chi connectivity index (χ0n) is 33.3. The van der Waals surface area contributed by atoms with Crippen LogP contribution in [0.1, 0.15) is 55.4 Å². The van der Waals surface area contributed by atoms with Crippen LogP contribution in [-0.2, 0) is 39.5 Å². The molecule has 0 saturated carbocycles. The third-order valence-corrected chi connectivity index (χ3v) is 10.8. The Balaban J connectivity index is 1.27. The van der Waals surface area contributed by atoms with Crippen molar-refractivity contribution >= 4 is 40.5 Å². The number of carbonyl (C=O) groups is 3. The molecular formula is C45H51N5O9. The van der Waals surface area contributed by atoms with Crippen molar-refractivity contribution < 1.29 is 39.4 Å². The number of amides is 3. The third kappa shape index (κ3) is 9.36. The molecule has 0 radical (unpaired) electrons. The van der Waals surface area contributed by atoms with Gasteiger partial charge in [-0.25, -0.2) is 0 Å². The molecule has 0 aliphatic carbocycles. The molecule has 2 aliphatic rings. The summed E-state index contributed by atoms with van der Waals surface area (Å²) in [5.41, 5.74) is 1.59. The minimum Gasteiger partial charge on any atom is -0.494 e. The van der Waals surface area contributed by atoms with Crippen LogP contribution in [-0.4, -0.2) is 81.8 Å². The van der Waals surface area contributed by atoms with E-state index >= 15 is 0 Å². The molecular weight excluding hydrogens is 755 g/mol. The summed E-state index contributed by atoms with van der Waals surface area (Å²) in [5, 5.41) is 46.4. The van der Waals surface area contributed by atoms with Crippen molar-refractivity contribution in [2.24, 2.45) is 5.92 Å². The van der Waals surface area contributed by atoms with Gasteiger partial charge in [0.25, 0.3) is 11.6 Å². The summed E-state index contributed by atoms with van der Waals surface area (Å²) in [6.45, 7) is 4.80. The van der Waals surface area contributed by atoms with Gasteiger partial charge in [0, 0.05) is 55.4 Å². The molecule has 59 heavy (non-hydrogen) atoms. The first-order valence-electron chi connectivity index (χ1n) is 19.9. The molecule has 3 amide bonds. The van der Waals surface area contributed by atoms with E-state index in [0.717, 1.165) is 11.1 Å². The van der Waals surface area contributed by atoms with E-state index in [9.17, 15) is 39.8 Å². The standard InChI is InChI=1S/C45H51N5O9/c1-3-59-37-18-20-40-34(26-37)27-39(46-21-7-8-23-51)43(54)49(40)35-15-10-14-33(25-35)30-48-41-19-17-36(50(57)58)28-38(41)45(56,44(48)55)31(2)11-9-16-42(53)47(22-24-52)29-32-12-5-4-6-13-32/h4-6,9-15,17-20,25-26,28,31,39,46,51-52,56H,3,7-8,16,21-24,27,29-30H2,1-2H3/b11-9+/t31-,39?,45+/m0/s1. The van der Waals surface area contributed by atoms with Crippen molar-refractivity contribution in [3.05, 3.63) is 136 Å². The molecule has 310 valence electrons. The molecule has 1 unspecified atom stereocenters. The number of aliphatic hydroxyl groups is 3. The summed E-state index contributed by atoms with van der Waals surface area (Å²) in [6.07, 6.45) is 4.82. The predicted molar refractivity (Wildman–Crippen MR) is 223 cm³/mol. The maximum Gasteiger partial charge on any atom is 0.269 e. The van der Waals surface area contributed by atoms with E-state index in [0.29, 0.717) is 67.3 Å². The topological polar surface area (TPSA) is 186 Å². The van der Waals surface area contributed by atoms with Crippen molar-refractivity contribution in [1.29, 1.82) is 0 Å². The number of aliphatic hydroxyl groups excluding tert-OH is 2. The average Bonchev–Trinajstić information content (AvgIpc) is 3.44. The van der Waals surface area contributed by atoms with Gasteiger partial charge in [0.2, 0.25) is 11.8 Å². The van der Waals surface area contributed by atoms with Crippen LogP contribution < -0.4 is 19.9 Å². The molecule has 4 N–H and O–H groups in total. The summed E-state index contributed by atoms with van der Waals surface area (Å²) in [6, 6.07) is 25.6. The molecule has 2 heterocycles. The Morgan fingerprint density at radius 3 is 2.49 bits per heavy atom. The highest BCUT2D eigenvalue weighted by Crippen LogP contribution is 2.47. The Kier molecular flexibility index (Phi) is 13.9. The Bertz CT molecular complexity index is 2180. The second-order valence-electron chi connectivity index (χ2n) is 14.8. The smallest absolute Gasteiger partial charge is 0.269 e. The molecule has 14 heteroatoms. The number of nitro benzene ring substituents is 1. The molecule has 6 rings (SSSR count). The van der Waals surface area contributed by atoms with E-state index in [1.807, 2.05) is 67.6 Å². The zero-order valence-corrected chi connectivity index (χ0v) is 33.3. The minimum absolute atomic E-state index is 0.0225. The zero-order chi connectivity index (χ0) is 42.1. The van der Waals surface area contributed by atoms with E-state index in [1.165, 1.54) is 28.0 Å². The van der Waals surface area contributed by atoms with Crippen LogP contribution in [0.2, 0.25) is 0 Å². The van der Waals surface area contributed by atoms with Gasteiger partial charge in [-0.15, -0.1) is 0 Å². The molecule has 0 aromatic heterocycles. The lowest BCUT2D eigenvalue weighted by atomic mass is 9.82. The number of nitrogens with one attached hydrogen (secondary N) is 1. The highest BCUT2D eigenvalue weighted by Gasteiger charge is 2.53. The van der Waals surface area contributed by atoms with Crippen molar-refractivity contribution in [3.63, 3.8) is 0 Å². The Morgan fingerprint density at radius 2 is 1.76 bits per heavy atom. The van der Waals surface area contributed by atoms with Gasteiger partial charge in [-0.2, -0.15) is 0 Å². The number of fused-ring (bicyclic) bond motifs is 2. The summed E-state index contributed by atoms with van der Waals surface area (Å²) in [4.78, 5) is 57.7. The summed E-state index contributed by atoms with van der Waals surface area (Å²) in [5.74, 6) is -1.34. The number of unbranched alkanes of at least 4 members (excludes halogenated alkanes) is 1. The van der Waals surface area contributed by atoms with Gasteiger partial charge in [0.05, 0.1) is 42.1 Å². The van der Waals surface area contributed by atoms with Crippen molar-refractivity contribution in [1.82, 2.24) is 10.2 Å². The molecule has 2 aliphatic heterocycles. The van der Waals surface area contributed by atoms with Crippen molar-refractivity contribution in [2.45, 2.75) is 64.3 Å². The van der Waals surface area contributed by atoms with E-state index in [1.54, 1.807) is 36.1 Å². The first kappa shape index (κ1) is 42.7. The summed E-state index contributed by atoms with van der Waals surface area (Å²) < 4.78 is 5.77. The fourth-order valence-electron chi connectivity index (χ4n) is 7.76. The fourth-order valence-corrected chi connectivity index (χ4v) is 7.76. The van der Waals surface area contributed by atoms with Crippen molar-refractivity contribution in [2.75, 3.05) is 42.7 Å². The van der Waals surface area contributed by atoms with Gasteiger partial charge in [-0.1, -0.05) is 61.5 Å². The summed E-state index contributed by atoms with van der Waals surface area (Å²) >= 11 is 0. The number of hydrogen-bond donors (Lipinski definition) is 4.